The van der Waals surface area contributed by atoms with Crippen LogP contribution in [0.2, 0.25) is 0 Å². The van der Waals surface area contributed by atoms with Crippen LogP contribution in [0.5, 0.6) is 0 Å². The van der Waals surface area contributed by atoms with Gasteiger partial charge in [0.15, 0.2) is 0 Å². The van der Waals surface area contributed by atoms with E-state index in [9.17, 15) is 0 Å². The molecule has 7 heteroatoms. The molecule has 0 bridgehead atoms. The lowest BCUT2D eigenvalue weighted by Gasteiger charge is -2.26. The third-order valence-electron chi connectivity index (χ3n) is 4.55. The molecule has 1 aliphatic carbocycles. The first-order chi connectivity index (χ1) is 10.7. The summed E-state index contributed by atoms with van der Waals surface area (Å²) in [6.45, 7) is 11.6. The Bertz CT molecular complexity index is 471. The number of rotatable bonds is 8. The van der Waals surface area contributed by atoms with Crippen LogP contribution in [0.15, 0.2) is 6.07 Å². The molecule has 0 aromatic carbocycles. The van der Waals surface area contributed by atoms with Crippen molar-refractivity contribution in [2.24, 2.45) is 0 Å². The third-order valence-corrected chi connectivity index (χ3v) is 4.55. The first kappa shape index (κ1) is 21.7. The molecule has 2 aliphatic rings. The second-order valence-electron chi connectivity index (χ2n) is 6.86. The van der Waals surface area contributed by atoms with Gasteiger partial charge in [0, 0.05) is 31.6 Å². The van der Waals surface area contributed by atoms with E-state index in [1.165, 1.54) is 37.2 Å². The lowest BCUT2D eigenvalue weighted by molar-refractivity contribution is 0.0374. The summed E-state index contributed by atoms with van der Waals surface area (Å²) >= 11 is 0. The number of hydrogen-bond donors (Lipinski definition) is 1. The summed E-state index contributed by atoms with van der Waals surface area (Å²) in [5.74, 6) is 0.736. The summed E-state index contributed by atoms with van der Waals surface area (Å²) in [4.78, 5) is 2.49. The van der Waals surface area contributed by atoms with E-state index < -0.39 is 0 Å². The molecule has 0 spiro atoms. The fourth-order valence-electron chi connectivity index (χ4n) is 3.08. The molecule has 1 saturated heterocycles. The van der Waals surface area contributed by atoms with Gasteiger partial charge in [-0.15, -0.1) is 24.8 Å². The molecular formula is C17H32Cl2N4O. The van der Waals surface area contributed by atoms with Gasteiger partial charge in [0.1, 0.15) is 0 Å². The van der Waals surface area contributed by atoms with E-state index in [1.54, 1.807) is 0 Å². The van der Waals surface area contributed by atoms with Crippen molar-refractivity contribution in [1.82, 2.24) is 20.0 Å². The number of morpholine rings is 1. The molecule has 1 N–H and O–H groups in total. The van der Waals surface area contributed by atoms with Gasteiger partial charge in [-0.3, -0.25) is 9.58 Å². The van der Waals surface area contributed by atoms with Gasteiger partial charge in [0.05, 0.1) is 24.6 Å². The lowest BCUT2D eigenvalue weighted by Crippen LogP contribution is -2.37. The van der Waals surface area contributed by atoms with Crippen LogP contribution >= 0.6 is 24.8 Å². The van der Waals surface area contributed by atoms with Crippen molar-refractivity contribution < 1.29 is 4.74 Å². The van der Waals surface area contributed by atoms with E-state index in [4.69, 9.17) is 9.84 Å². The van der Waals surface area contributed by atoms with E-state index in [1.807, 2.05) is 0 Å². The van der Waals surface area contributed by atoms with Gasteiger partial charge >= 0.3 is 0 Å². The number of aromatic nitrogens is 2. The van der Waals surface area contributed by atoms with Crippen molar-refractivity contribution in [2.45, 2.75) is 51.6 Å². The Morgan fingerprint density at radius 2 is 1.96 bits per heavy atom. The van der Waals surface area contributed by atoms with Crippen LogP contribution in [-0.2, 0) is 11.3 Å². The largest absolute Gasteiger partial charge is 0.379 e. The molecular weight excluding hydrogens is 347 g/mol. The summed E-state index contributed by atoms with van der Waals surface area (Å²) in [6, 6.07) is 2.75. The predicted octanol–water partition coefficient (Wildman–Crippen LogP) is 3.00. The molecule has 1 aromatic heterocycles. The molecule has 24 heavy (non-hydrogen) atoms. The van der Waals surface area contributed by atoms with Crippen molar-refractivity contribution in [3.63, 3.8) is 0 Å². The van der Waals surface area contributed by atoms with Crippen molar-refractivity contribution >= 4 is 24.8 Å². The minimum absolute atomic E-state index is 0. The molecule has 2 heterocycles. The van der Waals surface area contributed by atoms with Crippen LogP contribution in [0.1, 0.15) is 56.5 Å². The van der Waals surface area contributed by atoms with E-state index in [2.05, 4.69) is 34.8 Å². The molecule has 0 radical (unpaired) electrons. The third kappa shape index (κ3) is 6.19. The second-order valence-corrected chi connectivity index (χ2v) is 6.86. The van der Waals surface area contributed by atoms with Crippen LogP contribution in [0.4, 0.5) is 0 Å². The Morgan fingerprint density at radius 3 is 2.58 bits per heavy atom. The maximum Gasteiger partial charge on any atom is 0.0659 e. The number of nitrogens with one attached hydrogen (secondary N) is 1. The average molecular weight is 379 g/mol. The molecule has 0 unspecified atom stereocenters. The van der Waals surface area contributed by atoms with Gasteiger partial charge in [0.25, 0.3) is 0 Å². The highest BCUT2D eigenvalue weighted by molar-refractivity contribution is 5.85. The van der Waals surface area contributed by atoms with Crippen LogP contribution in [0, 0.1) is 0 Å². The van der Waals surface area contributed by atoms with Crippen LogP contribution in [0.25, 0.3) is 0 Å². The fraction of sp³-hybridized carbons (Fsp3) is 0.824. The number of hydrogen-bond acceptors (Lipinski definition) is 4. The number of ether oxygens (including phenoxy) is 1. The van der Waals surface area contributed by atoms with Crippen LogP contribution < -0.4 is 5.32 Å². The highest BCUT2D eigenvalue weighted by atomic mass is 35.5. The van der Waals surface area contributed by atoms with E-state index >= 15 is 0 Å². The SMILES string of the molecule is CC(C)n1nc(C2CC2)cc1CNCCCN1CCOCC1.Cl.Cl. The number of nitrogens with zero attached hydrogens (tertiary/aromatic N) is 3. The molecule has 1 aromatic rings. The summed E-state index contributed by atoms with van der Waals surface area (Å²) < 4.78 is 7.58. The van der Waals surface area contributed by atoms with Gasteiger partial charge in [-0.05, 0) is 52.3 Å². The molecule has 2 fully saturated rings. The van der Waals surface area contributed by atoms with E-state index in [-0.39, 0.29) is 24.8 Å². The standard InChI is InChI=1S/C17H30N4O.2ClH/c1-14(2)21-16(12-17(19-21)15-4-5-15)13-18-6-3-7-20-8-10-22-11-9-20;;/h12,14-15,18H,3-11,13H2,1-2H3;2*1H. The fourth-order valence-corrected chi connectivity index (χ4v) is 3.08. The van der Waals surface area contributed by atoms with Gasteiger partial charge in [-0.2, -0.15) is 5.10 Å². The zero-order valence-corrected chi connectivity index (χ0v) is 16.5. The first-order valence-corrected chi connectivity index (χ1v) is 8.83. The average Bonchev–Trinajstić information content (AvgIpc) is 3.28. The Morgan fingerprint density at radius 1 is 1.25 bits per heavy atom. The van der Waals surface area contributed by atoms with Crippen molar-refractivity contribution in [1.29, 1.82) is 0 Å². The summed E-state index contributed by atoms with van der Waals surface area (Å²) in [5.41, 5.74) is 2.64. The molecule has 1 saturated carbocycles. The Labute approximate surface area is 158 Å². The zero-order valence-electron chi connectivity index (χ0n) is 14.9. The highest BCUT2D eigenvalue weighted by Crippen LogP contribution is 2.39. The van der Waals surface area contributed by atoms with Crippen molar-refractivity contribution in [3.05, 3.63) is 17.5 Å². The van der Waals surface area contributed by atoms with Gasteiger partial charge in [0.2, 0.25) is 0 Å². The van der Waals surface area contributed by atoms with Crippen LogP contribution in [-0.4, -0.2) is 54.1 Å². The maximum atomic E-state index is 5.38. The van der Waals surface area contributed by atoms with E-state index in [0.29, 0.717) is 6.04 Å². The minimum atomic E-state index is 0. The topological polar surface area (TPSA) is 42.3 Å². The summed E-state index contributed by atoms with van der Waals surface area (Å²) in [5, 5.41) is 8.39. The van der Waals surface area contributed by atoms with Crippen molar-refractivity contribution in [3.8, 4) is 0 Å². The first-order valence-electron chi connectivity index (χ1n) is 8.83. The number of halogens is 2. The van der Waals surface area contributed by atoms with E-state index in [0.717, 1.165) is 45.3 Å². The van der Waals surface area contributed by atoms with Gasteiger partial charge in [-0.1, -0.05) is 0 Å². The Hall–Kier alpha value is -0.330. The summed E-state index contributed by atoms with van der Waals surface area (Å²) in [7, 11) is 0. The van der Waals surface area contributed by atoms with Gasteiger partial charge < -0.3 is 10.1 Å². The minimum Gasteiger partial charge on any atom is -0.379 e. The quantitative estimate of drug-likeness (QED) is 0.706. The predicted molar refractivity (Wildman–Crippen MR) is 103 cm³/mol. The van der Waals surface area contributed by atoms with Crippen LogP contribution in [0.3, 0.4) is 0 Å². The second kappa shape index (κ2) is 10.6. The molecule has 5 nitrogen and oxygen atoms in total. The highest BCUT2D eigenvalue weighted by Gasteiger charge is 2.27. The molecule has 140 valence electrons. The lowest BCUT2D eigenvalue weighted by atomic mass is 10.2. The maximum absolute atomic E-state index is 5.38. The smallest absolute Gasteiger partial charge is 0.0659 e. The summed E-state index contributed by atoms with van der Waals surface area (Å²) in [6.07, 6.45) is 3.84. The Balaban J connectivity index is 0.00000144. The molecule has 0 amide bonds. The van der Waals surface area contributed by atoms with Crippen molar-refractivity contribution in [2.75, 3.05) is 39.4 Å². The molecule has 0 atom stereocenters. The van der Waals surface area contributed by atoms with Gasteiger partial charge in [-0.25, -0.2) is 0 Å². The zero-order chi connectivity index (χ0) is 15.4. The Kier molecular flexibility index (Phi) is 9.60. The molecule has 1 aliphatic heterocycles. The molecule has 3 rings (SSSR count). The monoisotopic (exact) mass is 378 g/mol. The normalized spacial score (nSPS) is 18.3.